The molecule has 1 aromatic rings. The van der Waals surface area contributed by atoms with Gasteiger partial charge in [-0.3, -0.25) is 9.69 Å². The minimum absolute atomic E-state index is 0. The molecular formula is C17H28Cl2N4OS. The maximum Gasteiger partial charge on any atom is 0.226 e. The zero-order chi connectivity index (χ0) is 15.8. The number of anilines is 1. The molecule has 0 saturated carbocycles. The van der Waals surface area contributed by atoms with Crippen LogP contribution in [0.25, 0.3) is 0 Å². The number of amides is 1. The van der Waals surface area contributed by atoms with E-state index in [1.807, 2.05) is 0 Å². The summed E-state index contributed by atoms with van der Waals surface area (Å²) in [5, 5.41) is 7.50. The van der Waals surface area contributed by atoms with Crippen LogP contribution in [0.2, 0.25) is 0 Å². The first-order chi connectivity index (χ1) is 11.2. The molecule has 4 heterocycles. The SMILES string of the molecule is CCN1CCc2nc(NC(=O)CC3CC4CCC(C3)N4)sc2C1.Cl.Cl. The number of halogens is 2. The average molecular weight is 407 g/mol. The number of rotatable bonds is 4. The molecule has 0 aromatic carbocycles. The summed E-state index contributed by atoms with van der Waals surface area (Å²) in [6, 6.07) is 1.30. The highest BCUT2D eigenvalue weighted by molar-refractivity contribution is 7.15. The molecule has 0 spiro atoms. The Labute approximate surface area is 166 Å². The van der Waals surface area contributed by atoms with Crippen molar-refractivity contribution in [2.24, 2.45) is 5.92 Å². The number of aromatic nitrogens is 1. The molecule has 3 aliphatic heterocycles. The second kappa shape index (κ2) is 9.00. The minimum Gasteiger partial charge on any atom is -0.311 e. The lowest BCUT2D eigenvalue weighted by molar-refractivity contribution is -0.117. The largest absolute Gasteiger partial charge is 0.311 e. The third kappa shape index (κ3) is 4.86. The molecule has 25 heavy (non-hydrogen) atoms. The number of piperidine rings is 1. The lowest BCUT2D eigenvalue weighted by Crippen LogP contribution is -2.39. The third-order valence-corrected chi connectivity index (χ3v) is 6.55. The molecule has 3 aliphatic rings. The first kappa shape index (κ1) is 20.9. The van der Waals surface area contributed by atoms with Crippen molar-refractivity contribution >= 4 is 47.2 Å². The van der Waals surface area contributed by atoms with E-state index in [1.165, 1.54) is 23.4 Å². The molecular weight excluding hydrogens is 379 g/mol. The van der Waals surface area contributed by atoms with Gasteiger partial charge in [0, 0.05) is 42.9 Å². The molecule has 8 heteroatoms. The first-order valence-corrected chi connectivity index (χ1v) is 9.78. The van der Waals surface area contributed by atoms with Crippen LogP contribution in [0.5, 0.6) is 0 Å². The van der Waals surface area contributed by atoms with E-state index >= 15 is 0 Å². The maximum atomic E-state index is 12.4. The Morgan fingerprint density at radius 3 is 2.72 bits per heavy atom. The lowest BCUT2D eigenvalue weighted by atomic mass is 9.89. The van der Waals surface area contributed by atoms with E-state index in [-0.39, 0.29) is 30.7 Å². The van der Waals surface area contributed by atoms with Gasteiger partial charge in [0.05, 0.1) is 5.69 Å². The van der Waals surface area contributed by atoms with Crippen LogP contribution in [0.1, 0.15) is 49.6 Å². The molecule has 2 unspecified atom stereocenters. The number of fused-ring (bicyclic) bond motifs is 3. The van der Waals surface area contributed by atoms with Gasteiger partial charge in [-0.1, -0.05) is 6.92 Å². The monoisotopic (exact) mass is 406 g/mol. The van der Waals surface area contributed by atoms with Crippen molar-refractivity contribution in [3.05, 3.63) is 10.6 Å². The Morgan fingerprint density at radius 1 is 1.32 bits per heavy atom. The molecule has 2 saturated heterocycles. The number of hydrogen-bond acceptors (Lipinski definition) is 5. The Hall–Kier alpha value is -0.400. The molecule has 5 nitrogen and oxygen atoms in total. The number of nitrogens with zero attached hydrogens (tertiary/aromatic N) is 2. The van der Waals surface area contributed by atoms with Crippen LogP contribution in [-0.2, 0) is 17.8 Å². The normalized spacial score (nSPS) is 27.8. The zero-order valence-corrected chi connectivity index (χ0v) is 17.1. The molecule has 2 bridgehead atoms. The van der Waals surface area contributed by atoms with Crippen LogP contribution in [0.4, 0.5) is 5.13 Å². The summed E-state index contributed by atoms with van der Waals surface area (Å²) in [5.41, 5.74) is 1.19. The van der Waals surface area contributed by atoms with Crippen molar-refractivity contribution in [3.63, 3.8) is 0 Å². The van der Waals surface area contributed by atoms with Crippen LogP contribution >= 0.6 is 36.2 Å². The van der Waals surface area contributed by atoms with Gasteiger partial charge >= 0.3 is 0 Å². The number of carbonyl (C=O) groups is 1. The predicted octanol–water partition coefficient (Wildman–Crippen LogP) is 3.22. The number of carbonyl (C=O) groups excluding carboxylic acids is 1. The third-order valence-electron chi connectivity index (χ3n) is 5.55. The molecule has 142 valence electrons. The summed E-state index contributed by atoms with van der Waals surface area (Å²) in [7, 11) is 0. The van der Waals surface area contributed by atoms with Crippen molar-refractivity contribution in [2.45, 2.75) is 64.1 Å². The summed E-state index contributed by atoms with van der Waals surface area (Å²) in [4.78, 5) is 20.8. The van der Waals surface area contributed by atoms with Crippen molar-refractivity contribution < 1.29 is 4.79 Å². The fourth-order valence-electron chi connectivity index (χ4n) is 4.35. The first-order valence-electron chi connectivity index (χ1n) is 8.96. The van der Waals surface area contributed by atoms with Crippen LogP contribution in [-0.4, -0.2) is 41.0 Å². The van der Waals surface area contributed by atoms with Crippen molar-refractivity contribution in [1.82, 2.24) is 15.2 Å². The van der Waals surface area contributed by atoms with Gasteiger partial charge in [-0.15, -0.1) is 36.2 Å². The van der Waals surface area contributed by atoms with E-state index in [2.05, 4.69) is 27.4 Å². The molecule has 2 fully saturated rings. The van der Waals surface area contributed by atoms with E-state index in [1.54, 1.807) is 11.3 Å². The van der Waals surface area contributed by atoms with E-state index in [9.17, 15) is 4.79 Å². The van der Waals surface area contributed by atoms with Crippen molar-refractivity contribution in [2.75, 3.05) is 18.4 Å². The fraction of sp³-hybridized carbons (Fsp3) is 0.765. The molecule has 0 radical (unpaired) electrons. The summed E-state index contributed by atoms with van der Waals surface area (Å²) < 4.78 is 0. The molecule has 1 amide bonds. The van der Waals surface area contributed by atoms with Gasteiger partial charge in [-0.05, 0) is 38.1 Å². The van der Waals surface area contributed by atoms with Gasteiger partial charge in [0.25, 0.3) is 0 Å². The fourth-order valence-corrected chi connectivity index (χ4v) is 5.41. The van der Waals surface area contributed by atoms with Gasteiger partial charge in [-0.25, -0.2) is 4.98 Å². The van der Waals surface area contributed by atoms with Crippen molar-refractivity contribution in [1.29, 1.82) is 0 Å². The zero-order valence-electron chi connectivity index (χ0n) is 14.6. The highest BCUT2D eigenvalue weighted by atomic mass is 35.5. The van der Waals surface area contributed by atoms with Gasteiger partial charge in [0.2, 0.25) is 5.91 Å². The molecule has 4 rings (SSSR count). The van der Waals surface area contributed by atoms with Gasteiger partial charge in [0.15, 0.2) is 5.13 Å². The predicted molar refractivity (Wildman–Crippen MR) is 107 cm³/mol. The van der Waals surface area contributed by atoms with Gasteiger partial charge in [0.1, 0.15) is 0 Å². The minimum atomic E-state index is 0. The average Bonchev–Trinajstić information content (AvgIpc) is 3.08. The van der Waals surface area contributed by atoms with Gasteiger partial charge < -0.3 is 10.6 Å². The highest BCUT2D eigenvalue weighted by Gasteiger charge is 2.34. The summed E-state index contributed by atoms with van der Waals surface area (Å²) in [6.45, 7) is 5.34. The highest BCUT2D eigenvalue weighted by Crippen LogP contribution is 2.33. The number of nitrogens with one attached hydrogen (secondary N) is 2. The summed E-state index contributed by atoms with van der Waals surface area (Å²) >= 11 is 1.66. The Morgan fingerprint density at radius 2 is 2.04 bits per heavy atom. The Bertz CT molecular complexity index is 585. The lowest BCUT2D eigenvalue weighted by Gasteiger charge is -2.28. The van der Waals surface area contributed by atoms with E-state index in [4.69, 9.17) is 0 Å². The Balaban J connectivity index is 0.00000113. The second-order valence-electron chi connectivity index (χ2n) is 7.24. The summed E-state index contributed by atoms with van der Waals surface area (Å²) in [6.07, 6.45) is 6.55. The second-order valence-corrected chi connectivity index (χ2v) is 8.32. The topological polar surface area (TPSA) is 57.3 Å². The maximum absolute atomic E-state index is 12.4. The Kier molecular flexibility index (Phi) is 7.52. The molecule has 2 atom stereocenters. The number of thiazole rings is 1. The molecule has 2 N–H and O–H groups in total. The van der Waals surface area contributed by atoms with E-state index < -0.39 is 0 Å². The van der Waals surface area contributed by atoms with Gasteiger partial charge in [-0.2, -0.15) is 0 Å². The smallest absolute Gasteiger partial charge is 0.226 e. The summed E-state index contributed by atoms with van der Waals surface area (Å²) in [5.74, 6) is 0.689. The standard InChI is InChI=1S/C17H26N4OS.2ClH/c1-2-21-6-5-14-15(10-21)23-17(19-14)20-16(22)9-11-7-12-3-4-13(8-11)18-12;;/h11-13,18H,2-10H2,1H3,(H,19,20,22);2*1H. The van der Waals surface area contributed by atoms with Crippen LogP contribution in [0, 0.1) is 5.92 Å². The van der Waals surface area contributed by atoms with E-state index in [0.717, 1.165) is 44.0 Å². The number of likely N-dealkylation sites (N-methyl/N-ethyl adjacent to an activating group) is 1. The van der Waals surface area contributed by atoms with Crippen LogP contribution in [0.15, 0.2) is 0 Å². The number of hydrogen-bond donors (Lipinski definition) is 2. The molecule has 0 aliphatic carbocycles. The van der Waals surface area contributed by atoms with Crippen LogP contribution < -0.4 is 10.6 Å². The quantitative estimate of drug-likeness (QED) is 0.805. The molecule has 1 aromatic heterocycles. The van der Waals surface area contributed by atoms with Crippen LogP contribution in [0.3, 0.4) is 0 Å². The van der Waals surface area contributed by atoms with E-state index in [0.29, 0.717) is 24.4 Å². The van der Waals surface area contributed by atoms with Crippen molar-refractivity contribution in [3.8, 4) is 0 Å².